The molecule has 0 fully saturated rings. The minimum absolute atomic E-state index is 0.145. The molecule has 0 saturated heterocycles. The first kappa shape index (κ1) is 22.1. The van der Waals surface area contributed by atoms with E-state index in [1.807, 2.05) is 25.7 Å². The second-order valence-corrected chi connectivity index (χ2v) is 17.0. The van der Waals surface area contributed by atoms with Gasteiger partial charge in [0.25, 0.3) is 0 Å². The van der Waals surface area contributed by atoms with Gasteiger partial charge in [-0.25, -0.2) is 0 Å². The summed E-state index contributed by atoms with van der Waals surface area (Å²) >= 11 is -4.65. The van der Waals surface area contributed by atoms with Gasteiger partial charge in [-0.3, -0.25) is 0 Å². The maximum atomic E-state index is 14.8. The summed E-state index contributed by atoms with van der Waals surface area (Å²) in [7, 11) is -8.33. The molecule has 29 heavy (non-hydrogen) atoms. The summed E-state index contributed by atoms with van der Waals surface area (Å²) in [6, 6.07) is 11.9. The van der Waals surface area contributed by atoms with E-state index in [0.717, 1.165) is 0 Å². The number of halogens is 5. The zero-order valence-electron chi connectivity index (χ0n) is 15.4. The quantitative estimate of drug-likeness (QED) is 0.201. The monoisotopic (exact) mass is 561 g/mol. The fourth-order valence-electron chi connectivity index (χ4n) is 2.54. The molecule has 0 radical (unpaired) electrons. The predicted octanol–water partition coefficient (Wildman–Crippen LogP) is 4.31. The van der Waals surface area contributed by atoms with E-state index >= 15 is 0 Å². The first-order valence-electron chi connectivity index (χ1n) is 8.14. The third kappa shape index (κ3) is 4.46. The van der Waals surface area contributed by atoms with Gasteiger partial charge in [0.1, 0.15) is 0 Å². The summed E-state index contributed by atoms with van der Waals surface area (Å²) in [6.07, 6.45) is 0. The Hall–Kier alpha value is -1.58. The molecule has 0 aliphatic heterocycles. The van der Waals surface area contributed by atoms with Crippen molar-refractivity contribution >= 4 is 55.2 Å². The molecule has 1 heterocycles. The zero-order chi connectivity index (χ0) is 21.6. The Kier molecular flexibility index (Phi) is 5.79. The molecule has 0 saturated carbocycles. The van der Waals surface area contributed by atoms with Gasteiger partial charge in [0.15, 0.2) is 0 Å². The summed E-state index contributed by atoms with van der Waals surface area (Å²) in [4.78, 5) is 0. The van der Waals surface area contributed by atoms with Gasteiger partial charge < -0.3 is 0 Å². The number of aromatic nitrogens is 3. The Bertz CT molecular complexity index is 1150. The molecule has 0 aliphatic rings. The van der Waals surface area contributed by atoms with Crippen LogP contribution in [0.25, 0.3) is 16.7 Å². The molecule has 3 aromatic rings. The van der Waals surface area contributed by atoms with E-state index in [1.54, 1.807) is 30.3 Å². The van der Waals surface area contributed by atoms with Crippen molar-refractivity contribution in [3.05, 3.63) is 46.0 Å². The van der Waals surface area contributed by atoms with Gasteiger partial charge in [-0.05, 0) is 0 Å². The van der Waals surface area contributed by atoms with Gasteiger partial charge in [0, 0.05) is 0 Å². The number of rotatable bonds is 5. The van der Waals surface area contributed by atoms with Crippen molar-refractivity contribution in [1.29, 1.82) is 0 Å². The van der Waals surface area contributed by atoms with E-state index in [0.29, 0.717) is 16.4 Å². The molecule has 0 unspecified atom stereocenters. The number of hydrogen-bond acceptors (Lipinski definition) is 5. The second-order valence-electron chi connectivity index (χ2n) is 7.08. The van der Waals surface area contributed by atoms with Crippen LogP contribution in [-0.4, -0.2) is 37.0 Å². The molecule has 0 aliphatic carbocycles. The number of fused-ring (bicyclic) bond motifs is 1. The van der Waals surface area contributed by atoms with Crippen LogP contribution in [0.4, 0.5) is 16.0 Å². The number of benzene rings is 2. The van der Waals surface area contributed by atoms with E-state index in [4.69, 9.17) is 0 Å². The maximum absolute atomic E-state index is 14.8. The van der Waals surface area contributed by atoms with E-state index < -0.39 is 44.5 Å². The summed E-state index contributed by atoms with van der Waals surface area (Å²) in [5, 5.41) is 8.47. The number of hydrogen-bond donors (Lipinski definition) is 0. The molecule has 0 spiro atoms. The van der Waals surface area contributed by atoms with Crippen molar-refractivity contribution in [2.24, 2.45) is 0 Å². The van der Waals surface area contributed by atoms with Crippen molar-refractivity contribution in [2.75, 3.05) is 0 Å². The molecule has 13 heteroatoms. The SMILES string of the molecule is C[Si](C)(C)c1cc2c(cc1I(F)OS(=O)(=O)C(F)(F)F)nnn2-c1ccccc1. The molecule has 6 nitrogen and oxygen atoms in total. The molecule has 2 aromatic carbocycles. The van der Waals surface area contributed by atoms with Crippen LogP contribution in [0.15, 0.2) is 42.5 Å². The van der Waals surface area contributed by atoms with Crippen LogP contribution in [0.1, 0.15) is 0 Å². The van der Waals surface area contributed by atoms with Crippen LogP contribution in [0.5, 0.6) is 0 Å². The van der Waals surface area contributed by atoms with Crippen molar-refractivity contribution in [3.63, 3.8) is 0 Å². The van der Waals surface area contributed by atoms with Crippen LogP contribution in [0.3, 0.4) is 0 Å². The Labute approximate surface area is 173 Å². The minimum atomic E-state index is -6.03. The number of alkyl halides is 3. The summed E-state index contributed by atoms with van der Waals surface area (Å²) < 4.78 is 80.6. The molecule has 1 aromatic heterocycles. The van der Waals surface area contributed by atoms with Gasteiger partial charge in [-0.2, -0.15) is 0 Å². The first-order valence-corrected chi connectivity index (χ1v) is 15.8. The van der Waals surface area contributed by atoms with Gasteiger partial charge >= 0.3 is 174 Å². The molecule has 158 valence electrons. The fourth-order valence-corrected chi connectivity index (χ4v) is 10.7. The molecular weight excluding hydrogens is 545 g/mol. The molecule has 0 amide bonds. The van der Waals surface area contributed by atoms with Crippen LogP contribution in [-0.2, 0) is 12.6 Å². The predicted molar refractivity (Wildman–Crippen MR) is 112 cm³/mol. The van der Waals surface area contributed by atoms with Crippen molar-refractivity contribution in [1.82, 2.24) is 15.0 Å². The third-order valence-electron chi connectivity index (χ3n) is 3.92. The standard InChI is InChI=1S/C16H16F4IN3O3SSi/c1-29(2,3)15-10-14-13(22-23-24(14)11-7-5-4-6-8-11)9-12(15)21(20)27-28(25,26)16(17,18)19/h4-10H,1-3H3. The number of para-hydroxylation sites is 1. The molecular formula is C16H16F4IN3O3SSi. The zero-order valence-corrected chi connectivity index (χ0v) is 19.4. The van der Waals surface area contributed by atoms with Crippen molar-refractivity contribution in [3.8, 4) is 5.69 Å². The molecule has 0 N–H and O–H groups in total. The molecule has 3 rings (SSSR count). The van der Waals surface area contributed by atoms with Gasteiger partial charge in [-0.15, -0.1) is 0 Å². The van der Waals surface area contributed by atoms with Gasteiger partial charge in [0.05, 0.1) is 0 Å². The van der Waals surface area contributed by atoms with E-state index in [9.17, 15) is 24.4 Å². The molecule has 0 bridgehead atoms. The first-order chi connectivity index (χ1) is 13.3. The van der Waals surface area contributed by atoms with Gasteiger partial charge in [0.2, 0.25) is 0 Å². The van der Waals surface area contributed by atoms with Crippen molar-refractivity contribution in [2.45, 2.75) is 25.1 Å². The van der Waals surface area contributed by atoms with E-state index in [2.05, 4.69) is 12.8 Å². The van der Waals surface area contributed by atoms with Gasteiger partial charge in [-0.1, -0.05) is 0 Å². The second kappa shape index (κ2) is 7.59. The van der Waals surface area contributed by atoms with Crippen LogP contribution < -0.4 is 5.19 Å². The van der Waals surface area contributed by atoms with Crippen LogP contribution in [0, 0.1) is 3.57 Å². The van der Waals surface area contributed by atoms with Crippen LogP contribution >= 0.6 is 20.8 Å². The average molecular weight is 561 g/mol. The number of nitrogens with zero attached hydrogens (tertiary/aromatic N) is 3. The average Bonchev–Trinajstić information content (AvgIpc) is 3.02. The Balaban J connectivity index is 2.15. The van der Waals surface area contributed by atoms with Crippen LogP contribution in [0.2, 0.25) is 19.6 Å². The Morgan fingerprint density at radius 2 is 1.72 bits per heavy atom. The molecule has 0 atom stereocenters. The van der Waals surface area contributed by atoms with E-state index in [-0.39, 0.29) is 9.09 Å². The topological polar surface area (TPSA) is 74.1 Å². The normalized spacial score (nSPS) is 13.7. The summed E-state index contributed by atoms with van der Waals surface area (Å²) in [5.74, 6) is 0. The third-order valence-corrected chi connectivity index (χ3v) is 11.5. The van der Waals surface area contributed by atoms with Crippen molar-refractivity contribution < 1.29 is 27.0 Å². The Morgan fingerprint density at radius 3 is 2.28 bits per heavy atom. The van der Waals surface area contributed by atoms with E-state index in [1.165, 1.54) is 10.7 Å². The summed E-state index contributed by atoms with van der Waals surface area (Å²) in [5.41, 5.74) is -4.20. The Morgan fingerprint density at radius 1 is 1.10 bits per heavy atom. The summed E-state index contributed by atoms with van der Waals surface area (Å²) in [6.45, 7) is 5.61. The fraction of sp³-hybridized carbons (Fsp3) is 0.250.